The van der Waals surface area contributed by atoms with E-state index in [1.165, 1.54) is 25.7 Å². The summed E-state index contributed by atoms with van der Waals surface area (Å²) in [5, 5.41) is 8.89. The van der Waals surface area contributed by atoms with Crippen molar-refractivity contribution in [3.05, 3.63) is 0 Å². The standard InChI is InChI=1S/C10H18N2/c1-10(2,7-11)9(12)8-5-3-4-6-8/h8-9H,3-6,12H2,1-2H3. The first-order valence-electron chi connectivity index (χ1n) is 4.75. The van der Waals surface area contributed by atoms with Crippen molar-refractivity contribution in [1.82, 2.24) is 0 Å². The lowest BCUT2D eigenvalue weighted by molar-refractivity contribution is 0.281. The van der Waals surface area contributed by atoms with Crippen molar-refractivity contribution in [2.45, 2.75) is 45.6 Å². The van der Waals surface area contributed by atoms with Gasteiger partial charge in [0, 0.05) is 6.04 Å². The number of rotatable bonds is 2. The van der Waals surface area contributed by atoms with Crippen LogP contribution in [-0.4, -0.2) is 6.04 Å². The molecular weight excluding hydrogens is 148 g/mol. The third-order valence-electron chi connectivity index (χ3n) is 3.03. The molecule has 12 heavy (non-hydrogen) atoms. The molecule has 0 heterocycles. The number of nitriles is 1. The summed E-state index contributed by atoms with van der Waals surface area (Å²) in [5.74, 6) is 0.583. The summed E-state index contributed by atoms with van der Waals surface area (Å²) in [4.78, 5) is 0. The van der Waals surface area contributed by atoms with Crippen LogP contribution in [0.3, 0.4) is 0 Å². The van der Waals surface area contributed by atoms with E-state index >= 15 is 0 Å². The fourth-order valence-electron chi connectivity index (χ4n) is 1.98. The van der Waals surface area contributed by atoms with Gasteiger partial charge in [0.15, 0.2) is 0 Å². The number of nitrogens with zero attached hydrogens (tertiary/aromatic N) is 1. The van der Waals surface area contributed by atoms with E-state index in [9.17, 15) is 0 Å². The Labute approximate surface area is 74.8 Å². The van der Waals surface area contributed by atoms with E-state index < -0.39 is 0 Å². The Morgan fingerprint density at radius 3 is 2.33 bits per heavy atom. The fourth-order valence-corrected chi connectivity index (χ4v) is 1.98. The molecule has 2 nitrogen and oxygen atoms in total. The van der Waals surface area contributed by atoms with Crippen LogP contribution < -0.4 is 5.73 Å². The highest BCUT2D eigenvalue weighted by molar-refractivity contribution is 5.02. The van der Waals surface area contributed by atoms with Crippen LogP contribution in [0.1, 0.15) is 39.5 Å². The van der Waals surface area contributed by atoms with Gasteiger partial charge in [-0.25, -0.2) is 0 Å². The van der Waals surface area contributed by atoms with Crippen LogP contribution in [0, 0.1) is 22.7 Å². The quantitative estimate of drug-likeness (QED) is 0.682. The maximum absolute atomic E-state index is 8.89. The van der Waals surface area contributed by atoms with Crippen molar-refractivity contribution in [2.75, 3.05) is 0 Å². The van der Waals surface area contributed by atoms with Crippen LogP contribution in [0.15, 0.2) is 0 Å². The van der Waals surface area contributed by atoms with Crippen molar-refractivity contribution in [3.8, 4) is 6.07 Å². The van der Waals surface area contributed by atoms with E-state index in [1.54, 1.807) is 0 Å². The Morgan fingerprint density at radius 2 is 1.92 bits per heavy atom. The second kappa shape index (κ2) is 3.45. The van der Waals surface area contributed by atoms with E-state index in [1.807, 2.05) is 13.8 Å². The largest absolute Gasteiger partial charge is 0.326 e. The van der Waals surface area contributed by atoms with Crippen LogP contribution >= 0.6 is 0 Å². The summed E-state index contributed by atoms with van der Waals surface area (Å²) < 4.78 is 0. The van der Waals surface area contributed by atoms with E-state index in [4.69, 9.17) is 11.0 Å². The van der Waals surface area contributed by atoms with Crippen molar-refractivity contribution >= 4 is 0 Å². The first-order valence-corrected chi connectivity index (χ1v) is 4.75. The smallest absolute Gasteiger partial charge is 0.0700 e. The molecule has 0 amide bonds. The Morgan fingerprint density at radius 1 is 1.42 bits per heavy atom. The molecule has 2 N–H and O–H groups in total. The number of nitrogens with two attached hydrogens (primary N) is 1. The molecule has 68 valence electrons. The average Bonchev–Trinajstić information content (AvgIpc) is 2.55. The molecule has 0 saturated heterocycles. The van der Waals surface area contributed by atoms with Crippen molar-refractivity contribution in [2.24, 2.45) is 17.1 Å². The predicted octanol–water partition coefficient (Wildman–Crippen LogP) is 2.05. The lowest BCUT2D eigenvalue weighted by Crippen LogP contribution is -2.41. The summed E-state index contributed by atoms with van der Waals surface area (Å²) >= 11 is 0. The Kier molecular flexibility index (Phi) is 2.74. The highest BCUT2D eigenvalue weighted by atomic mass is 14.7. The minimum Gasteiger partial charge on any atom is -0.326 e. The minimum atomic E-state index is -0.352. The molecule has 1 aliphatic rings. The molecule has 0 radical (unpaired) electrons. The lowest BCUT2D eigenvalue weighted by atomic mass is 9.78. The topological polar surface area (TPSA) is 49.8 Å². The SMILES string of the molecule is CC(C)(C#N)C(N)C1CCCC1. The Bertz CT molecular complexity index is 185. The maximum atomic E-state index is 8.89. The van der Waals surface area contributed by atoms with Crippen LogP contribution in [0.5, 0.6) is 0 Å². The van der Waals surface area contributed by atoms with Crippen LogP contribution in [0.4, 0.5) is 0 Å². The van der Waals surface area contributed by atoms with Gasteiger partial charge in [-0.2, -0.15) is 5.26 Å². The van der Waals surface area contributed by atoms with Gasteiger partial charge in [0.05, 0.1) is 11.5 Å². The third-order valence-corrected chi connectivity index (χ3v) is 3.03. The molecule has 0 aromatic carbocycles. The summed E-state index contributed by atoms with van der Waals surface area (Å²) in [6.45, 7) is 3.88. The van der Waals surface area contributed by atoms with Gasteiger partial charge < -0.3 is 5.73 Å². The summed E-state index contributed by atoms with van der Waals surface area (Å²) in [6.07, 6.45) is 5.01. The molecule has 0 aromatic rings. The molecular formula is C10H18N2. The van der Waals surface area contributed by atoms with Gasteiger partial charge in [-0.05, 0) is 32.6 Å². The van der Waals surface area contributed by atoms with Gasteiger partial charge in [-0.15, -0.1) is 0 Å². The first-order chi connectivity index (χ1) is 5.58. The van der Waals surface area contributed by atoms with Gasteiger partial charge in [-0.1, -0.05) is 12.8 Å². The predicted molar refractivity (Wildman–Crippen MR) is 49.3 cm³/mol. The van der Waals surface area contributed by atoms with Gasteiger partial charge >= 0.3 is 0 Å². The molecule has 0 bridgehead atoms. The molecule has 2 heteroatoms. The molecule has 0 spiro atoms. The van der Waals surface area contributed by atoms with E-state index in [0.29, 0.717) is 5.92 Å². The molecule has 1 fully saturated rings. The van der Waals surface area contributed by atoms with Gasteiger partial charge in [-0.3, -0.25) is 0 Å². The molecule has 0 aromatic heterocycles. The number of hydrogen-bond donors (Lipinski definition) is 1. The number of hydrogen-bond acceptors (Lipinski definition) is 2. The van der Waals surface area contributed by atoms with Gasteiger partial charge in [0.1, 0.15) is 0 Å². The molecule has 1 saturated carbocycles. The molecule has 1 aliphatic carbocycles. The van der Waals surface area contributed by atoms with Crippen LogP contribution in [0.25, 0.3) is 0 Å². The minimum absolute atomic E-state index is 0.0602. The summed E-state index contributed by atoms with van der Waals surface area (Å²) in [5.41, 5.74) is 5.69. The Balaban J connectivity index is 2.57. The summed E-state index contributed by atoms with van der Waals surface area (Å²) in [6, 6.07) is 2.35. The zero-order valence-corrected chi connectivity index (χ0v) is 8.01. The highest BCUT2D eigenvalue weighted by Crippen LogP contribution is 2.34. The van der Waals surface area contributed by atoms with Crippen molar-refractivity contribution < 1.29 is 0 Å². The third kappa shape index (κ3) is 1.78. The van der Waals surface area contributed by atoms with E-state index in [0.717, 1.165) is 0 Å². The van der Waals surface area contributed by atoms with Crippen LogP contribution in [-0.2, 0) is 0 Å². The fraction of sp³-hybridized carbons (Fsp3) is 0.900. The molecule has 1 rings (SSSR count). The van der Waals surface area contributed by atoms with Gasteiger partial charge in [0.25, 0.3) is 0 Å². The average molecular weight is 166 g/mol. The molecule has 1 atom stereocenters. The van der Waals surface area contributed by atoms with Gasteiger partial charge in [0.2, 0.25) is 0 Å². The first kappa shape index (κ1) is 9.54. The normalized spacial score (nSPS) is 22.2. The molecule has 0 aliphatic heterocycles. The van der Waals surface area contributed by atoms with E-state index in [2.05, 4.69) is 6.07 Å². The zero-order chi connectivity index (χ0) is 9.19. The summed E-state index contributed by atoms with van der Waals surface area (Å²) in [7, 11) is 0. The molecule has 1 unspecified atom stereocenters. The zero-order valence-electron chi connectivity index (χ0n) is 8.01. The van der Waals surface area contributed by atoms with Crippen molar-refractivity contribution in [1.29, 1.82) is 5.26 Å². The Hall–Kier alpha value is -0.550. The van der Waals surface area contributed by atoms with E-state index in [-0.39, 0.29) is 11.5 Å². The van der Waals surface area contributed by atoms with Crippen molar-refractivity contribution in [3.63, 3.8) is 0 Å². The lowest BCUT2D eigenvalue weighted by Gasteiger charge is -2.29. The second-order valence-electron chi connectivity index (χ2n) is 4.40. The second-order valence-corrected chi connectivity index (χ2v) is 4.40. The van der Waals surface area contributed by atoms with Crippen LogP contribution in [0.2, 0.25) is 0 Å². The highest BCUT2D eigenvalue weighted by Gasteiger charge is 2.34. The maximum Gasteiger partial charge on any atom is 0.0700 e. The monoisotopic (exact) mass is 166 g/mol.